The van der Waals surface area contributed by atoms with E-state index in [0.29, 0.717) is 5.96 Å². The lowest BCUT2D eigenvalue weighted by molar-refractivity contribution is -0.0491. The van der Waals surface area contributed by atoms with Gasteiger partial charge >= 0.3 is 0 Å². The molecule has 26 heavy (non-hydrogen) atoms. The van der Waals surface area contributed by atoms with Gasteiger partial charge < -0.3 is 20.3 Å². The normalized spacial score (nSPS) is 21.4. The Morgan fingerprint density at radius 1 is 1.19 bits per heavy atom. The van der Waals surface area contributed by atoms with Crippen molar-refractivity contribution >= 4 is 35.9 Å². The summed E-state index contributed by atoms with van der Waals surface area (Å²) in [5.41, 5.74) is 6.27. The van der Waals surface area contributed by atoms with E-state index in [1.54, 1.807) is 12.4 Å². The van der Waals surface area contributed by atoms with Gasteiger partial charge in [-0.25, -0.2) is 9.97 Å². The Morgan fingerprint density at radius 3 is 2.54 bits per heavy atom. The molecule has 2 aliphatic rings. The molecule has 2 N–H and O–H groups in total. The minimum atomic E-state index is 0. The van der Waals surface area contributed by atoms with Crippen molar-refractivity contribution in [3.8, 4) is 0 Å². The molecule has 9 heteroatoms. The van der Waals surface area contributed by atoms with Crippen LogP contribution < -0.4 is 10.6 Å². The molecule has 0 spiro atoms. The monoisotopic (exact) mass is 475 g/mol. The Hall–Kier alpha value is -1.20. The number of morpholine rings is 1. The summed E-state index contributed by atoms with van der Waals surface area (Å²) in [5.74, 6) is 1.42. The highest BCUT2D eigenvalue weighted by Crippen LogP contribution is 2.18. The van der Waals surface area contributed by atoms with E-state index in [1.807, 2.05) is 6.07 Å². The number of hydrogen-bond donors (Lipinski definition) is 1. The Kier molecular flexibility index (Phi) is 7.84. The first-order valence-electron chi connectivity index (χ1n) is 8.96. The van der Waals surface area contributed by atoms with Crippen LogP contribution in [0.5, 0.6) is 0 Å². The molecule has 0 radical (unpaired) electrons. The van der Waals surface area contributed by atoms with E-state index >= 15 is 0 Å². The average molecular weight is 475 g/mol. The van der Waals surface area contributed by atoms with E-state index < -0.39 is 0 Å². The predicted molar refractivity (Wildman–Crippen MR) is 114 cm³/mol. The van der Waals surface area contributed by atoms with Crippen molar-refractivity contribution in [1.82, 2.24) is 19.8 Å². The third-order valence-electron chi connectivity index (χ3n) is 4.90. The molecule has 0 saturated carbocycles. The maximum atomic E-state index is 6.20. The summed E-state index contributed by atoms with van der Waals surface area (Å²) in [6.07, 6.45) is 3.55. The van der Waals surface area contributed by atoms with Crippen LogP contribution in [0, 0.1) is 0 Å². The molecule has 2 saturated heterocycles. The number of rotatable bonds is 4. The van der Waals surface area contributed by atoms with E-state index in [0.717, 1.165) is 65.0 Å². The van der Waals surface area contributed by atoms with E-state index in [-0.39, 0.29) is 29.5 Å². The zero-order valence-corrected chi connectivity index (χ0v) is 18.0. The molecule has 2 aliphatic heterocycles. The number of halogens is 1. The van der Waals surface area contributed by atoms with E-state index in [1.165, 1.54) is 0 Å². The molecule has 0 amide bonds. The summed E-state index contributed by atoms with van der Waals surface area (Å²) in [4.78, 5) is 20.0. The number of anilines is 1. The standard InChI is InChI=1S/C17H29N7O.HI/c1-17(2)14-25-13-12-24(17)7-6-19-15(18)22-8-10-23(11-9-22)16-20-4-3-5-21-16;/h3-5H,6-14H2,1-2H3,(H2,18,19);1H. The van der Waals surface area contributed by atoms with Gasteiger partial charge in [-0.3, -0.25) is 9.89 Å². The smallest absolute Gasteiger partial charge is 0.225 e. The van der Waals surface area contributed by atoms with E-state index in [2.05, 4.69) is 43.5 Å². The van der Waals surface area contributed by atoms with Gasteiger partial charge in [0.25, 0.3) is 0 Å². The lowest BCUT2D eigenvalue weighted by Crippen LogP contribution is -2.54. The third kappa shape index (κ3) is 5.40. The summed E-state index contributed by atoms with van der Waals surface area (Å²) >= 11 is 0. The molecule has 2 fully saturated rings. The molecule has 3 rings (SSSR count). The van der Waals surface area contributed by atoms with Gasteiger partial charge in [0.1, 0.15) is 0 Å². The highest BCUT2D eigenvalue weighted by atomic mass is 127. The van der Waals surface area contributed by atoms with Gasteiger partial charge in [0, 0.05) is 57.2 Å². The van der Waals surface area contributed by atoms with Gasteiger partial charge in [-0.1, -0.05) is 0 Å². The highest BCUT2D eigenvalue weighted by Gasteiger charge is 2.29. The largest absolute Gasteiger partial charge is 0.378 e. The molecule has 3 heterocycles. The fourth-order valence-electron chi connectivity index (χ4n) is 3.28. The minimum absolute atomic E-state index is 0. The molecular formula is C17H30IN7O. The zero-order chi connectivity index (χ0) is 17.7. The first-order chi connectivity index (χ1) is 12.1. The fourth-order valence-corrected chi connectivity index (χ4v) is 3.28. The molecule has 1 aromatic heterocycles. The second kappa shape index (κ2) is 9.65. The molecule has 0 atom stereocenters. The Morgan fingerprint density at radius 2 is 1.88 bits per heavy atom. The molecule has 1 aromatic rings. The SMILES string of the molecule is CC1(C)COCCN1CCN=C(N)N1CCN(c2ncccn2)CC1.I. The Bertz CT molecular complexity index is 576. The highest BCUT2D eigenvalue weighted by molar-refractivity contribution is 14.0. The maximum Gasteiger partial charge on any atom is 0.225 e. The molecule has 0 unspecified atom stereocenters. The minimum Gasteiger partial charge on any atom is -0.378 e. The first kappa shape index (κ1) is 21.1. The van der Waals surface area contributed by atoms with E-state index in [9.17, 15) is 0 Å². The fraction of sp³-hybridized carbons (Fsp3) is 0.706. The van der Waals surface area contributed by atoms with Crippen LogP contribution in [-0.4, -0.2) is 90.3 Å². The molecule has 0 bridgehead atoms. The summed E-state index contributed by atoms with van der Waals surface area (Å²) in [6.45, 7) is 12.0. The summed E-state index contributed by atoms with van der Waals surface area (Å²) in [5, 5.41) is 0. The van der Waals surface area contributed by atoms with Crippen LogP contribution in [0.4, 0.5) is 5.95 Å². The maximum absolute atomic E-state index is 6.20. The van der Waals surface area contributed by atoms with Gasteiger partial charge in [0.2, 0.25) is 5.95 Å². The number of nitrogens with two attached hydrogens (primary N) is 1. The van der Waals surface area contributed by atoms with Crippen molar-refractivity contribution in [3.63, 3.8) is 0 Å². The number of aliphatic imine (C=N–C) groups is 1. The predicted octanol–water partition coefficient (Wildman–Crippen LogP) is 0.642. The summed E-state index contributed by atoms with van der Waals surface area (Å²) in [7, 11) is 0. The Balaban J connectivity index is 0.00000243. The number of guanidine groups is 1. The van der Waals surface area contributed by atoms with Gasteiger partial charge in [-0.15, -0.1) is 24.0 Å². The van der Waals surface area contributed by atoms with Crippen LogP contribution in [0.15, 0.2) is 23.5 Å². The second-order valence-corrected chi connectivity index (χ2v) is 7.11. The quantitative estimate of drug-likeness (QED) is 0.389. The topological polar surface area (TPSA) is 83.1 Å². The van der Waals surface area contributed by atoms with Crippen molar-refractivity contribution in [3.05, 3.63) is 18.5 Å². The van der Waals surface area contributed by atoms with Gasteiger partial charge in [0.15, 0.2) is 5.96 Å². The number of aromatic nitrogens is 2. The summed E-state index contributed by atoms with van der Waals surface area (Å²) in [6, 6.07) is 1.83. The van der Waals surface area contributed by atoms with Crippen molar-refractivity contribution < 1.29 is 4.74 Å². The van der Waals surface area contributed by atoms with Crippen molar-refractivity contribution in [2.45, 2.75) is 19.4 Å². The molecular weight excluding hydrogens is 445 g/mol. The van der Waals surface area contributed by atoms with Gasteiger partial charge in [-0.2, -0.15) is 0 Å². The second-order valence-electron chi connectivity index (χ2n) is 7.11. The molecule has 0 aliphatic carbocycles. The number of ether oxygens (including phenoxy) is 1. The molecule has 146 valence electrons. The van der Waals surface area contributed by atoms with E-state index in [4.69, 9.17) is 10.5 Å². The van der Waals surface area contributed by atoms with Crippen LogP contribution in [0.2, 0.25) is 0 Å². The zero-order valence-electron chi connectivity index (χ0n) is 15.7. The van der Waals surface area contributed by atoms with Crippen LogP contribution in [0.1, 0.15) is 13.8 Å². The average Bonchev–Trinajstić information content (AvgIpc) is 2.64. The van der Waals surface area contributed by atoms with Gasteiger partial charge in [0.05, 0.1) is 19.8 Å². The lowest BCUT2D eigenvalue weighted by atomic mass is 10.0. The van der Waals surface area contributed by atoms with Crippen molar-refractivity contribution in [2.75, 3.05) is 63.9 Å². The van der Waals surface area contributed by atoms with Crippen molar-refractivity contribution in [2.24, 2.45) is 10.7 Å². The number of hydrogen-bond acceptors (Lipinski definition) is 6. The lowest BCUT2D eigenvalue weighted by Gasteiger charge is -2.42. The molecule has 8 nitrogen and oxygen atoms in total. The molecule has 0 aromatic carbocycles. The van der Waals surface area contributed by atoms with Crippen LogP contribution in [0.25, 0.3) is 0 Å². The third-order valence-corrected chi connectivity index (χ3v) is 4.90. The van der Waals surface area contributed by atoms with Crippen LogP contribution >= 0.6 is 24.0 Å². The van der Waals surface area contributed by atoms with Crippen LogP contribution in [-0.2, 0) is 4.74 Å². The number of nitrogens with zero attached hydrogens (tertiary/aromatic N) is 6. The van der Waals surface area contributed by atoms with Crippen molar-refractivity contribution in [1.29, 1.82) is 0 Å². The first-order valence-corrected chi connectivity index (χ1v) is 8.96. The summed E-state index contributed by atoms with van der Waals surface area (Å²) < 4.78 is 5.56. The van der Waals surface area contributed by atoms with Gasteiger partial charge in [-0.05, 0) is 19.9 Å². The Labute approximate surface area is 172 Å². The number of piperazine rings is 1. The van der Waals surface area contributed by atoms with Crippen LogP contribution in [0.3, 0.4) is 0 Å².